The van der Waals surface area contributed by atoms with E-state index in [1.165, 1.54) is 6.92 Å². The number of aliphatic carboxylic acids is 1. The van der Waals surface area contributed by atoms with Crippen LogP contribution in [0, 0.1) is 5.92 Å². The van der Waals surface area contributed by atoms with Gasteiger partial charge in [0.1, 0.15) is 6.04 Å². The van der Waals surface area contributed by atoms with E-state index in [1.807, 2.05) is 0 Å². The zero-order valence-corrected chi connectivity index (χ0v) is 11.7. The van der Waals surface area contributed by atoms with Crippen molar-refractivity contribution in [2.75, 3.05) is 13.2 Å². The van der Waals surface area contributed by atoms with Crippen molar-refractivity contribution in [3.05, 3.63) is 0 Å². The lowest BCUT2D eigenvalue weighted by Crippen LogP contribution is -2.47. The number of carboxylic acid groups (broad SMARTS) is 1. The van der Waals surface area contributed by atoms with E-state index in [2.05, 4.69) is 10.1 Å². The third-order valence-electron chi connectivity index (χ3n) is 2.35. The molecule has 0 saturated heterocycles. The van der Waals surface area contributed by atoms with Gasteiger partial charge in [-0.15, -0.1) is 0 Å². The average Bonchev–Trinajstić information content (AvgIpc) is 2.32. The van der Waals surface area contributed by atoms with Gasteiger partial charge < -0.3 is 19.9 Å². The highest BCUT2D eigenvalue weighted by molar-refractivity contribution is 5.86. The van der Waals surface area contributed by atoms with Crippen LogP contribution < -0.4 is 5.32 Å². The summed E-state index contributed by atoms with van der Waals surface area (Å²) >= 11 is 0. The molecule has 0 bridgehead atoms. The molecule has 0 aromatic heterocycles. The van der Waals surface area contributed by atoms with E-state index >= 15 is 0 Å². The Hall–Kier alpha value is -2.12. The van der Waals surface area contributed by atoms with Crippen molar-refractivity contribution in [2.24, 2.45) is 5.92 Å². The van der Waals surface area contributed by atoms with Gasteiger partial charge in [-0.05, 0) is 12.8 Å². The number of carbonyl (C=O) groups is 4. The molecule has 0 heterocycles. The predicted molar refractivity (Wildman–Crippen MR) is 66.6 cm³/mol. The molecule has 2 atom stereocenters. The summed E-state index contributed by atoms with van der Waals surface area (Å²) in [4.78, 5) is 44.3. The van der Waals surface area contributed by atoms with Gasteiger partial charge in [-0.1, -0.05) is 6.92 Å². The molecule has 0 aliphatic rings. The van der Waals surface area contributed by atoms with Gasteiger partial charge in [0.05, 0.1) is 13.0 Å². The number of rotatable bonds is 8. The van der Waals surface area contributed by atoms with Gasteiger partial charge in [0.25, 0.3) is 5.91 Å². The first-order valence-electron chi connectivity index (χ1n) is 6.09. The molecule has 8 nitrogen and oxygen atoms in total. The predicted octanol–water partition coefficient (Wildman–Crippen LogP) is -0.292. The van der Waals surface area contributed by atoms with E-state index in [0.29, 0.717) is 0 Å². The summed E-state index contributed by atoms with van der Waals surface area (Å²) in [6.45, 7) is 3.90. The number of ether oxygens (including phenoxy) is 2. The second-order valence-electron chi connectivity index (χ2n) is 4.15. The fourth-order valence-electron chi connectivity index (χ4n) is 1.43. The zero-order chi connectivity index (χ0) is 15.7. The maximum absolute atomic E-state index is 11.4. The molecule has 2 N–H and O–H groups in total. The van der Waals surface area contributed by atoms with E-state index in [-0.39, 0.29) is 13.0 Å². The van der Waals surface area contributed by atoms with Crippen LogP contribution in [0.1, 0.15) is 27.2 Å². The average molecular weight is 289 g/mol. The Morgan fingerprint density at radius 3 is 2.25 bits per heavy atom. The van der Waals surface area contributed by atoms with Crippen LogP contribution in [0.2, 0.25) is 0 Å². The molecule has 0 rings (SSSR count). The molecule has 0 fully saturated rings. The van der Waals surface area contributed by atoms with Gasteiger partial charge in [0.2, 0.25) is 0 Å². The fourth-order valence-corrected chi connectivity index (χ4v) is 1.43. The standard InChI is InChI=1S/C12H19NO7/c1-4-19-10(16)5-7(2)11(12(17)18)13-9(15)6-20-8(3)14/h7,11H,4-6H2,1-3H3,(H,13,15)(H,17,18)/t7-,11-/m0/s1. The Balaban J connectivity index is 4.48. The molecule has 114 valence electrons. The van der Waals surface area contributed by atoms with Gasteiger partial charge in [0, 0.05) is 6.92 Å². The monoisotopic (exact) mass is 289 g/mol. The number of hydrogen-bond donors (Lipinski definition) is 2. The van der Waals surface area contributed by atoms with Crippen molar-refractivity contribution < 1.29 is 33.8 Å². The minimum absolute atomic E-state index is 0.140. The van der Waals surface area contributed by atoms with E-state index in [0.717, 1.165) is 6.92 Å². The van der Waals surface area contributed by atoms with Crippen LogP contribution >= 0.6 is 0 Å². The molecular weight excluding hydrogens is 270 g/mol. The molecule has 8 heteroatoms. The number of esters is 2. The summed E-state index contributed by atoms with van der Waals surface area (Å²) < 4.78 is 9.16. The highest BCUT2D eigenvalue weighted by atomic mass is 16.5. The van der Waals surface area contributed by atoms with Crippen LogP contribution in [0.5, 0.6) is 0 Å². The smallest absolute Gasteiger partial charge is 0.326 e. The third kappa shape index (κ3) is 7.34. The lowest BCUT2D eigenvalue weighted by molar-refractivity contribution is -0.149. The highest BCUT2D eigenvalue weighted by Gasteiger charge is 2.28. The fraction of sp³-hybridized carbons (Fsp3) is 0.667. The largest absolute Gasteiger partial charge is 0.480 e. The summed E-state index contributed by atoms with van der Waals surface area (Å²) in [7, 11) is 0. The maximum Gasteiger partial charge on any atom is 0.326 e. The van der Waals surface area contributed by atoms with Gasteiger partial charge in [-0.25, -0.2) is 4.79 Å². The summed E-state index contributed by atoms with van der Waals surface area (Å²) in [5, 5.41) is 11.2. The Bertz CT molecular complexity index is 380. The van der Waals surface area contributed by atoms with E-state index in [4.69, 9.17) is 9.84 Å². The lowest BCUT2D eigenvalue weighted by atomic mass is 9.98. The number of hydrogen-bond acceptors (Lipinski definition) is 6. The molecule has 0 unspecified atom stereocenters. The van der Waals surface area contributed by atoms with Gasteiger partial charge >= 0.3 is 17.9 Å². The van der Waals surface area contributed by atoms with Crippen LogP contribution in [0.3, 0.4) is 0 Å². The number of carbonyl (C=O) groups excluding carboxylic acids is 3. The molecule has 0 aromatic rings. The first-order chi connectivity index (χ1) is 9.27. The summed E-state index contributed by atoms with van der Waals surface area (Å²) in [6, 6.07) is -1.26. The Morgan fingerprint density at radius 2 is 1.80 bits per heavy atom. The molecule has 0 aliphatic heterocycles. The summed E-state index contributed by atoms with van der Waals surface area (Å²) in [6.07, 6.45) is -0.140. The van der Waals surface area contributed by atoms with Crippen LogP contribution in [-0.4, -0.2) is 48.2 Å². The Kier molecular flexibility index (Phi) is 7.95. The molecule has 0 aliphatic carbocycles. The topological polar surface area (TPSA) is 119 Å². The van der Waals surface area contributed by atoms with E-state index < -0.39 is 42.4 Å². The highest BCUT2D eigenvalue weighted by Crippen LogP contribution is 2.10. The van der Waals surface area contributed by atoms with Crippen LogP contribution in [0.4, 0.5) is 0 Å². The quantitative estimate of drug-likeness (QED) is 0.589. The number of amides is 1. The second-order valence-corrected chi connectivity index (χ2v) is 4.15. The Morgan fingerprint density at radius 1 is 1.20 bits per heavy atom. The van der Waals surface area contributed by atoms with Gasteiger partial charge in [-0.3, -0.25) is 14.4 Å². The lowest BCUT2D eigenvalue weighted by Gasteiger charge is -2.20. The van der Waals surface area contributed by atoms with Crippen molar-refractivity contribution in [3.63, 3.8) is 0 Å². The van der Waals surface area contributed by atoms with Gasteiger partial charge in [0.15, 0.2) is 6.61 Å². The molecule has 0 saturated carbocycles. The summed E-state index contributed by atoms with van der Waals surface area (Å²) in [5.41, 5.74) is 0. The SMILES string of the molecule is CCOC(=O)C[C@H](C)[C@H](NC(=O)COC(C)=O)C(=O)O. The van der Waals surface area contributed by atoms with Crippen molar-refractivity contribution in [1.29, 1.82) is 0 Å². The molecule has 0 spiro atoms. The number of carboxylic acids is 1. The normalized spacial score (nSPS) is 12.9. The maximum atomic E-state index is 11.4. The zero-order valence-electron chi connectivity index (χ0n) is 11.7. The van der Waals surface area contributed by atoms with Crippen molar-refractivity contribution in [3.8, 4) is 0 Å². The minimum atomic E-state index is -1.28. The van der Waals surface area contributed by atoms with Crippen molar-refractivity contribution in [2.45, 2.75) is 33.2 Å². The molecular formula is C12H19NO7. The molecule has 1 amide bonds. The van der Waals surface area contributed by atoms with Crippen molar-refractivity contribution in [1.82, 2.24) is 5.32 Å². The molecule has 20 heavy (non-hydrogen) atoms. The first-order valence-corrected chi connectivity index (χ1v) is 6.09. The molecule has 0 aromatic carbocycles. The third-order valence-corrected chi connectivity index (χ3v) is 2.35. The number of nitrogens with one attached hydrogen (secondary N) is 1. The van der Waals surface area contributed by atoms with Gasteiger partial charge in [-0.2, -0.15) is 0 Å². The van der Waals surface area contributed by atoms with Crippen LogP contribution in [0.15, 0.2) is 0 Å². The second kappa shape index (κ2) is 8.89. The van der Waals surface area contributed by atoms with Crippen LogP contribution in [0.25, 0.3) is 0 Å². The first kappa shape index (κ1) is 17.9. The van der Waals surface area contributed by atoms with Crippen molar-refractivity contribution >= 4 is 23.8 Å². The van der Waals surface area contributed by atoms with Crippen LogP contribution in [-0.2, 0) is 28.7 Å². The van der Waals surface area contributed by atoms with E-state index in [9.17, 15) is 19.2 Å². The molecule has 0 radical (unpaired) electrons. The van der Waals surface area contributed by atoms with E-state index in [1.54, 1.807) is 6.92 Å². The summed E-state index contributed by atoms with van der Waals surface area (Å²) in [5.74, 6) is -3.87. The Labute approximate surface area is 116 Å². The minimum Gasteiger partial charge on any atom is -0.480 e.